The Morgan fingerprint density at radius 1 is 1.14 bits per heavy atom. The monoisotopic (exact) mass is 315 g/mol. The van der Waals surface area contributed by atoms with E-state index in [4.69, 9.17) is 5.11 Å². The van der Waals surface area contributed by atoms with E-state index in [1.807, 2.05) is 0 Å². The van der Waals surface area contributed by atoms with Crippen molar-refractivity contribution in [3.8, 4) is 0 Å². The number of carboxylic acid groups (broad SMARTS) is 1. The lowest BCUT2D eigenvalue weighted by Crippen LogP contribution is -2.38. The average Bonchev–Trinajstić information content (AvgIpc) is 2.47. The Labute approximate surface area is 125 Å². The summed E-state index contributed by atoms with van der Waals surface area (Å²) in [7, 11) is 0. The summed E-state index contributed by atoms with van der Waals surface area (Å²) in [5.41, 5.74) is -0.912. The van der Waals surface area contributed by atoms with Crippen LogP contribution in [0.3, 0.4) is 0 Å². The van der Waals surface area contributed by atoms with Gasteiger partial charge in [0.25, 0.3) is 5.91 Å². The summed E-state index contributed by atoms with van der Waals surface area (Å²) in [6.07, 6.45) is -2.54. The zero-order chi connectivity index (χ0) is 16.3. The van der Waals surface area contributed by atoms with E-state index < -0.39 is 29.5 Å². The summed E-state index contributed by atoms with van der Waals surface area (Å²) in [6, 6.07) is 4.05. The Morgan fingerprint density at radius 3 is 2.32 bits per heavy atom. The topological polar surface area (TPSA) is 66.4 Å². The number of alkyl halides is 3. The van der Waals surface area contributed by atoms with Crippen LogP contribution in [0.2, 0.25) is 0 Å². The number of halogens is 3. The van der Waals surface area contributed by atoms with Gasteiger partial charge in [-0.25, -0.2) is 0 Å². The first-order valence-electron chi connectivity index (χ1n) is 6.98. The number of benzene rings is 1. The van der Waals surface area contributed by atoms with Crippen molar-refractivity contribution in [1.82, 2.24) is 5.32 Å². The fraction of sp³-hybridized carbons (Fsp3) is 0.467. The number of carbonyl (C=O) groups is 2. The van der Waals surface area contributed by atoms with Crippen molar-refractivity contribution in [1.29, 1.82) is 0 Å². The van der Waals surface area contributed by atoms with E-state index in [2.05, 4.69) is 5.32 Å². The smallest absolute Gasteiger partial charge is 0.416 e. The third-order valence-corrected chi connectivity index (χ3v) is 3.86. The minimum atomic E-state index is -4.49. The molecular weight excluding hydrogens is 299 g/mol. The predicted octanol–water partition coefficient (Wildman–Crippen LogP) is 3.08. The molecule has 1 aromatic carbocycles. The van der Waals surface area contributed by atoms with Crippen LogP contribution in [0.5, 0.6) is 0 Å². The van der Waals surface area contributed by atoms with Crippen molar-refractivity contribution in [2.75, 3.05) is 0 Å². The van der Waals surface area contributed by atoms with Gasteiger partial charge < -0.3 is 10.4 Å². The van der Waals surface area contributed by atoms with E-state index in [-0.39, 0.29) is 11.6 Å². The van der Waals surface area contributed by atoms with Crippen LogP contribution in [-0.4, -0.2) is 23.0 Å². The molecule has 2 rings (SSSR count). The number of carboxylic acids is 1. The van der Waals surface area contributed by atoms with Gasteiger partial charge in [-0.05, 0) is 43.9 Å². The van der Waals surface area contributed by atoms with E-state index in [1.165, 1.54) is 12.1 Å². The summed E-state index contributed by atoms with van der Waals surface area (Å²) >= 11 is 0. The molecule has 0 saturated heterocycles. The fourth-order valence-electron chi connectivity index (χ4n) is 2.59. The van der Waals surface area contributed by atoms with Crippen molar-refractivity contribution in [3.05, 3.63) is 35.4 Å². The number of hydrogen-bond acceptors (Lipinski definition) is 2. The second-order valence-corrected chi connectivity index (χ2v) is 5.44. The highest BCUT2D eigenvalue weighted by Gasteiger charge is 2.31. The van der Waals surface area contributed by atoms with Crippen LogP contribution in [0.4, 0.5) is 13.2 Å². The highest BCUT2D eigenvalue weighted by molar-refractivity contribution is 5.94. The molecule has 0 atom stereocenters. The Kier molecular flexibility index (Phi) is 4.73. The molecule has 7 heteroatoms. The van der Waals surface area contributed by atoms with Crippen LogP contribution < -0.4 is 5.32 Å². The normalized spacial score (nSPS) is 22.1. The standard InChI is InChI=1S/C15H16F3NO3/c16-15(17,18)11-3-1-2-10(8-11)13(20)19-12-6-4-9(5-7-12)14(21)22/h1-3,8-9,12H,4-7H2,(H,19,20)(H,21,22). The molecule has 0 unspecified atom stereocenters. The zero-order valence-corrected chi connectivity index (χ0v) is 11.7. The molecule has 1 aromatic rings. The van der Waals surface area contributed by atoms with Gasteiger partial charge in [0.15, 0.2) is 0 Å². The van der Waals surface area contributed by atoms with Gasteiger partial charge in [0.1, 0.15) is 0 Å². The maximum atomic E-state index is 12.6. The summed E-state index contributed by atoms with van der Waals surface area (Å²) in [5, 5.41) is 11.6. The Hall–Kier alpha value is -2.05. The zero-order valence-electron chi connectivity index (χ0n) is 11.7. The first kappa shape index (κ1) is 16.3. The molecular formula is C15H16F3NO3. The first-order valence-corrected chi connectivity index (χ1v) is 6.98. The number of carbonyl (C=O) groups excluding carboxylic acids is 1. The molecule has 22 heavy (non-hydrogen) atoms. The second-order valence-electron chi connectivity index (χ2n) is 5.44. The van der Waals surface area contributed by atoms with Crippen molar-refractivity contribution in [2.45, 2.75) is 37.9 Å². The Bertz CT molecular complexity index is 563. The number of nitrogens with one attached hydrogen (secondary N) is 1. The van der Waals surface area contributed by atoms with Gasteiger partial charge in [0, 0.05) is 11.6 Å². The molecule has 0 aliphatic heterocycles. The van der Waals surface area contributed by atoms with Crippen LogP contribution in [0.1, 0.15) is 41.6 Å². The SMILES string of the molecule is O=C(NC1CCC(C(=O)O)CC1)c1cccc(C(F)(F)F)c1. The fourth-order valence-corrected chi connectivity index (χ4v) is 2.59. The van der Waals surface area contributed by atoms with Gasteiger partial charge in [-0.1, -0.05) is 6.07 Å². The van der Waals surface area contributed by atoms with E-state index in [9.17, 15) is 22.8 Å². The molecule has 2 N–H and O–H groups in total. The van der Waals surface area contributed by atoms with Crippen LogP contribution in [0, 0.1) is 5.92 Å². The van der Waals surface area contributed by atoms with Crippen molar-refractivity contribution in [2.24, 2.45) is 5.92 Å². The van der Waals surface area contributed by atoms with Gasteiger partial charge in [0.2, 0.25) is 0 Å². The largest absolute Gasteiger partial charge is 0.481 e. The molecule has 1 saturated carbocycles. The highest BCUT2D eigenvalue weighted by Crippen LogP contribution is 2.30. The first-order chi connectivity index (χ1) is 10.3. The molecule has 1 fully saturated rings. The minimum Gasteiger partial charge on any atom is -0.481 e. The molecule has 0 spiro atoms. The molecule has 4 nitrogen and oxygen atoms in total. The summed E-state index contributed by atoms with van der Waals surface area (Å²) in [5.74, 6) is -1.81. The third-order valence-electron chi connectivity index (χ3n) is 3.86. The molecule has 0 aromatic heterocycles. The van der Waals surface area contributed by atoms with Crippen molar-refractivity contribution < 1.29 is 27.9 Å². The Balaban J connectivity index is 1.97. The van der Waals surface area contributed by atoms with E-state index >= 15 is 0 Å². The highest BCUT2D eigenvalue weighted by atomic mass is 19.4. The number of amides is 1. The minimum absolute atomic E-state index is 0.0461. The maximum Gasteiger partial charge on any atom is 0.416 e. The molecule has 0 bridgehead atoms. The molecule has 0 heterocycles. The van der Waals surface area contributed by atoms with Gasteiger partial charge >= 0.3 is 12.1 Å². The van der Waals surface area contributed by atoms with Crippen LogP contribution >= 0.6 is 0 Å². The van der Waals surface area contributed by atoms with Crippen molar-refractivity contribution >= 4 is 11.9 Å². The van der Waals surface area contributed by atoms with Gasteiger partial charge in [-0.2, -0.15) is 13.2 Å². The average molecular weight is 315 g/mol. The quantitative estimate of drug-likeness (QED) is 0.901. The second kappa shape index (κ2) is 6.37. The van der Waals surface area contributed by atoms with Crippen LogP contribution in [0.15, 0.2) is 24.3 Å². The van der Waals surface area contributed by atoms with Crippen LogP contribution in [0.25, 0.3) is 0 Å². The molecule has 1 aliphatic rings. The molecule has 1 amide bonds. The summed E-state index contributed by atoms with van der Waals surface area (Å²) in [4.78, 5) is 22.9. The number of hydrogen-bond donors (Lipinski definition) is 2. The van der Waals surface area contributed by atoms with Crippen LogP contribution in [-0.2, 0) is 11.0 Å². The van der Waals surface area contributed by atoms with E-state index in [0.717, 1.165) is 12.1 Å². The lowest BCUT2D eigenvalue weighted by Gasteiger charge is -2.26. The predicted molar refractivity (Wildman–Crippen MR) is 72.3 cm³/mol. The summed E-state index contributed by atoms with van der Waals surface area (Å²) < 4.78 is 37.9. The van der Waals surface area contributed by atoms with Crippen molar-refractivity contribution in [3.63, 3.8) is 0 Å². The third kappa shape index (κ3) is 3.99. The number of rotatable bonds is 3. The Morgan fingerprint density at radius 2 is 1.77 bits per heavy atom. The summed E-state index contributed by atoms with van der Waals surface area (Å²) in [6.45, 7) is 0. The molecule has 0 radical (unpaired) electrons. The lowest BCUT2D eigenvalue weighted by molar-refractivity contribution is -0.143. The van der Waals surface area contributed by atoms with E-state index in [1.54, 1.807) is 0 Å². The van der Waals surface area contributed by atoms with Gasteiger partial charge in [-0.15, -0.1) is 0 Å². The number of aliphatic carboxylic acids is 1. The van der Waals surface area contributed by atoms with Gasteiger partial charge in [0.05, 0.1) is 11.5 Å². The maximum absolute atomic E-state index is 12.6. The molecule has 1 aliphatic carbocycles. The van der Waals surface area contributed by atoms with Gasteiger partial charge in [-0.3, -0.25) is 9.59 Å². The lowest BCUT2D eigenvalue weighted by atomic mass is 9.86. The van der Waals surface area contributed by atoms with E-state index in [0.29, 0.717) is 25.7 Å². The molecule has 120 valence electrons.